The van der Waals surface area contributed by atoms with Crippen molar-refractivity contribution in [3.8, 4) is 5.75 Å². The van der Waals surface area contributed by atoms with Crippen LogP contribution in [0.25, 0.3) is 0 Å². The van der Waals surface area contributed by atoms with Crippen LogP contribution in [-0.2, 0) is 4.79 Å². The Morgan fingerprint density at radius 3 is 2.57 bits per heavy atom. The Balaban J connectivity index is 1.63. The molecule has 4 nitrogen and oxygen atoms in total. The molecule has 1 amide bonds. The molecule has 1 atom stereocenters. The smallest absolute Gasteiger partial charge is 0.217 e. The minimum Gasteiger partial charge on any atom is -0.494 e. The zero-order valence-corrected chi connectivity index (χ0v) is 18.5. The van der Waals surface area contributed by atoms with Crippen molar-refractivity contribution in [2.75, 3.05) is 24.6 Å². The van der Waals surface area contributed by atoms with Crippen LogP contribution in [0.4, 0.5) is 10.1 Å². The van der Waals surface area contributed by atoms with Gasteiger partial charge in [-0.3, -0.25) is 4.79 Å². The van der Waals surface area contributed by atoms with Gasteiger partial charge in [-0.15, -0.1) is 0 Å². The normalized spacial score (nSPS) is 15.7. The molecule has 1 aliphatic heterocycles. The fourth-order valence-electron chi connectivity index (χ4n) is 4.31. The second kappa shape index (κ2) is 9.96. The lowest BCUT2D eigenvalue weighted by atomic mass is 9.86. The molecule has 0 bridgehead atoms. The number of halogens is 1. The fourth-order valence-corrected chi connectivity index (χ4v) is 4.31. The number of nitrogens with zero attached hydrogens (tertiary/aromatic N) is 1. The molecule has 5 heteroatoms. The van der Waals surface area contributed by atoms with E-state index >= 15 is 0 Å². The number of nitrogens with one attached hydrogen (secondary N) is 1. The summed E-state index contributed by atoms with van der Waals surface area (Å²) in [5, 5.41) is 2.74. The molecule has 3 rings (SSSR count). The van der Waals surface area contributed by atoms with Crippen LogP contribution in [0.1, 0.15) is 68.7 Å². The minimum absolute atomic E-state index is 0.159. The van der Waals surface area contributed by atoms with E-state index in [1.54, 1.807) is 19.1 Å². The van der Waals surface area contributed by atoms with E-state index in [-0.39, 0.29) is 17.8 Å². The standard InChI is InChI=1S/C25H33FN2O2/c1-5-14-30-22-7-9-23(17(2)15-22)20-10-12-28(13-11-20)21-6-8-24(25(26)16-21)18(3)27-19(4)29/h6-9,15-16,18,20H,5,10-14H2,1-4H3,(H,27,29). The zero-order chi connectivity index (χ0) is 21.7. The number of benzene rings is 2. The van der Waals surface area contributed by atoms with Crippen LogP contribution in [0.3, 0.4) is 0 Å². The topological polar surface area (TPSA) is 41.6 Å². The van der Waals surface area contributed by atoms with E-state index < -0.39 is 0 Å². The third kappa shape index (κ3) is 5.32. The maximum Gasteiger partial charge on any atom is 0.217 e. The van der Waals surface area contributed by atoms with Gasteiger partial charge in [0.2, 0.25) is 5.91 Å². The molecule has 30 heavy (non-hydrogen) atoms. The lowest BCUT2D eigenvalue weighted by Crippen LogP contribution is -2.33. The molecule has 1 fully saturated rings. The highest BCUT2D eigenvalue weighted by atomic mass is 19.1. The van der Waals surface area contributed by atoms with Crippen molar-refractivity contribution in [1.29, 1.82) is 0 Å². The van der Waals surface area contributed by atoms with E-state index in [4.69, 9.17) is 4.74 Å². The molecule has 2 aromatic rings. The van der Waals surface area contributed by atoms with Crippen LogP contribution >= 0.6 is 0 Å². The van der Waals surface area contributed by atoms with Crippen molar-refractivity contribution in [3.63, 3.8) is 0 Å². The van der Waals surface area contributed by atoms with Crippen molar-refractivity contribution in [2.24, 2.45) is 0 Å². The van der Waals surface area contributed by atoms with Gasteiger partial charge < -0.3 is 15.0 Å². The van der Waals surface area contributed by atoms with E-state index in [9.17, 15) is 9.18 Å². The lowest BCUT2D eigenvalue weighted by molar-refractivity contribution is -0.119. The van der Waals surface area contributed by atoms with E-state index in [0.29, 0.717) is 11.5 Å². The summed E-state index contributed by atoms with van der Waals surface area (Å²) >= 11 is 0. The molecule has 1 aliphatic rings. The summed E-state index contributed by atoms with van der Waals surface area (Å²) < 4.78 is 20.4. The Morgan fingerprint density at radius 1 is 1.23 bits per heavy atom. The molecule has 1 heterocycles. The molecular weight excluding hydrogens is 379 g/mol. The molecule has 1 N–H and O–H groups in total. The van der Waals surface area contributed by atoms with Crippen LogP contribution in [-0.4, -0.2) is 25.6 Å². The molecule has 0 aliphatic carbocycles. The number of piperidine rings is 1. The highest BCUT2D eigenvalue weighted by Crippen LogP contribution is 2.34. The van der Waals surface area contributed by atoms with Gasteiger partial charge in [0.1, 0.15) is 11.6 Å². The van der Waals surface area contributed by atoms with Crippen LogP contribution in [0.2, 0.25) is 0 Å². The minimum atomic E-state index is -0.338. The Bertz CT molecular complexity index is 875. The third-order valence-electron chi connectivity index (χ3n) is 5.88. The van der Waals surface area contributed by atoms with Crippen molar-refractivity contribution < 1.29 is 13.9 Å². The lowest BCUT2D eigenvalue weighted by Gasteiger charge is -2.34. The maximum atomic E-state index is 14.6. The van der Waals surface area contributed by atoms with Gasteiger partial charge in [-0.25, -0.2) is 4.39 Å². The predicted octanol–water partition coefficient (Wildman–Crippen LogP) is 5.50. The predicted molar refractivity (Wildman–Crippen MR) is 120 cm³/mol. The summed E-state index contributed by atoms with van der Waals surface area (Å²) in [5.74, 6) is 1.03. The number of carbonyl (C=O) groups excluding carboxylic acids is 1. The fraction of sp³-hybridized carbons (Fsp3) is 0.480. The monoisotopic (exact) mass is 412 g/mol. The average Bonchev–Trinajstić information content (AvgIpc) is 2.72. The van der Waals surface area contributed by atoms with Crippen LogP contribution < -0.4 is 15.0 Å². The first-order chi connectivity index (χ1) is 14.4. The molecule has 2 aromatic carbocycles. The summed E-state index contributed by atoms with van der Waals surface area (Å²) in [6.45, 7) is 10.1. The van der Waals surface area contributed by atoms with Gasteiger partial charge in [0.05, 0.1) is 12.6 Å². The molecule has 0 saturated carbocycles. The Morgan fingerprint density at radius 2 is 1.97 bits per heavy atom. The molecule has 0 radical (unpaired) electrons. The largest absolute Gasteiger partial charge is 0.494 e. The zero-order valence-electron chi connectivity index (χ0n) is 18.5. The first kappa shape index (κ1) is 22.1. The number of hydrogen-bond donors (Lipinski definition) is 1. The van der Waals surface area contributed by atoms with Gasteiger partial charge in [-0.2, -0.15) is 0 Å². The van der Waals surface area contributed by atoms with E-state index in [2.05, 4.69) is 42.3 Å². The van der Waals surface area contributed by atoms with E-state index in [0.717, 1.165) is 50.4 Å². The van der Waals surface area contributed by atoms with Gasteiger partial charge in [0, 0.05) is 31.3 Å². The first-order valence-electron chi connectivity index (χ1n) is 10.9. The highest BCUT2D eigenvalue weighted by Gasteiger charge is 2.23. The highest BCUT2D eigenvalue weighted by molar-refractivity contribution is 5.73. The van der Waals surface area contributed by atoms with E-state index in [1.165, 1.54) is 18.1 Å². The number of ether oxygens (including phenoxy) is 1. The van der Waals surface area contributed by atoms with Crippen molar-refractivity contribution in [2.45, 2.75) is 58.9 Å². The Kier molecular flexibility index (Phi) is 7.35. The van der Waals surface area contributed by atoms with Gasteiger partial charge in [-0.05, 0) is 74.4 Å². The van der Waals surface area contributed by atoms with Crippen LogP contribution in [0.15, 0.2) is 36.4 Å². The Labute approximate surface area is 179 Å². The van der Waals surface area contributed by atoms with Crippen LogP contribution in [0.5, 0.6) is 5.75 Å². The number of carbonyl (C=O) groups is 1. The number of hydrogen-bond acceptors (Lipinski definition) is 3. The van der Waals surface area contributed by atoms with Gasteiger partial charge >= 0.3 is 0 Å². The van der Waals surface area contributed by atoms with Crippen molar-refractivity contribution >= 4 is 11.6 Å². The van der Waals surface area contributed by atoms with Crippen LogP contribution in [0, 0.1) is 12.7 Å². The molecule has 162 valence electrons. The third-order valence-corrected chi connectivity index (χ3v) is 5.88. The first-order valence-corrected chi connectivity index (χ1v) is 10.9. The maximum absolute atomic E-state index is 14.6. The van der Waals surface area contributed by atoms with Gasteiger partial charge in [0.15, 0.2) is 0 Å². The Hall–Kier alpha value is -2.56. The van der Waals surface area contributed by atoms with E-state index in [1.807, 2.05) is 6.07 Å². The second-order valence-electron chi connectivity index (χ2n) is 8.26. The second-order valence-corrected chi connectivity index (χ2v) is 8.26. The summed E-state index contributed by atoms with van der Waals surface area (Å²) in [6.07, 6.45) is 3.09. The summed E-state index contributed by atoms with van der Waals surface area (Å²) in [7, 11) is 0. The molecular formula is C25H33FN2O2. The van der Waals surface area contributed by atoms with Crippen molar-refractivity contribution in [1.82, 2.24) is 5.32 Å². The summed E-state index contributed by atoms with van der Waals surface area (Å²) in [4.78, 5) is 13.5. The quantitative estimate of drug-likeness (QED) is 0.652. The number of rotatable bonds is 7. The SMILES string of the molecule is CCCOc1ccc(C2CCN(c3ccc(C(C)NC(C)=O)c(F)c3)CC2)c(C)c1. The van der Waals surface area contributed by atoms with Crippen molar-refractivity contribution in [3.05, 3.63) is 58.9 Å². The summed E-state index contributed by atoms with van der Waals surface area (Å²) in [6, 6.07) is 11.4. The van der Waals surface area contributed by atoms with Gasteiger partial charge in [0.25, 0.3) is 0 Å². The molecule has 1 saturated heterocycles. The molecule has 0 spiro atoms. The summed E-state index contributed by atoms with van der Waals surface area (Å²) in [5.41, 5.74) is 4.10. The number of anilines is 1. The molecule has 1 unspecified atom stereocenters. The molecule has 0 aromatic heterocycles. The average molecular weight is 413 g/mol. The number of aryl methyl sites for hydroxylation is 1. The number of amides is 1. The van der Waals surface area contributed by atoms with Gasteiger partial charge in [-0.1, -0.05) is 19.1 Å².